The maximum Gasteiger partial charge on any atom is 0.409 e. The van der Waals surface area contributed by atoms with Crippen molar-refractivity contribution >= 4 is 17.8 Å². The zero-order valence-electron chi connectivity index (χ0n) is 24.3. The minimum Gasteiger partial charge on any atom is -0.496 e. The number of amides is 2. The number of aliphatic hydroxyl groups excluding tert-OH is 1. The number of ether oxygens (including phenoxy) is 2. The summed E-state index contributed by atoms with van der Waals surface area (Å²) in [6.45, 7) is 7.86. The van der Waals surface area contributed by atoms with Crippen molar-refractivity contribution in [1.29, 1.82) is 0 Å². The molecule has 5 rings (SSSR count). The first kappa shape index (κ1) is 29.1. The van der Waals surface area contributed by atoms with Gasteiger partial charge in [-0.2, -0.15) is 0 Å². The number of carbonyl (C=O) groups is 2. The molecule has 0 saturated carbocycles. The highest BCUT2D eigenvalue weighted by Gasteiger charge is 2.32. The number of nitrogens with zero attached hydrogens (tertiary/aromatic N) is 5. The Morgan fingerprint density at radius 1 is 0.951 bits per heavy atom. The van der Waals surface area contributed by atoms with Crippen molar-refractivity contribution < 1.29 is 24.2 Å². The molecule has 4 heterocycles. The lowest BCUT2D eigenvalue weighted by Gasteiger charge is -2.42. The number of pyridine rings is 1. The van der Waals surface area contributed by atoms with E-state index in [4.69, 9.17) is 14.5 Å². The number of piperazine rings is 1. The topological polar surface area (TPSA) is 98.7 Å². The van der Waals surface area contributed by atoms with E-state index < -0.39 is 0 Å². The van der Waals surface area contributed by atoms with E-state index in [1.165, 1.54) is 0 Å². The summed E-state index contributed by atoms with van der Waals surface area (Å²) in [7, 11) is 1.65. The molecule has 1 aromatic carbocycles. The van der Waals surface area contributed by atoms with Gasteiger partial charge in [-0.1, -0.05) is 12.1 Å². The number of para-hydroxylation sites is 1. The van der Waals surface area contributed by atoms with Crippen molar-refractivity contribution in [3.8, 4) is 17.0 Å². The molecule has 0 spiro atoms. The van der Waals surface area contributed by atoms with E-state index in [2.05, 4.69) is 9.80 Å². The van der Waals surface area contributed by atoms with Gasteiger partial charge in [-0.05, 0) is 69.3 Å². The molecule has 1 atom stereocenters. The molecule has 0 radical (unpaired) electrons. The van der Waals surface area contributed by atoms with Gasteiger partial charge in [0.05, 0.1) is 25.0 Å². The average Bonchev–Trinajstić information content (AvgIpc) is 3.04. The van der Waals surface area contributed by atoms with Crippen molar-refractivity contribution in [1.82, 2.24) is 19.7 Å². The molecule has 10 heteroatoms. The van der Waals surface area contributed by atoms with Gasteiger partial charge < -0.3 is 29.3 Å². The molecule has 3 aliphatic heterocycles. The third-order valence-corrected chi connectivity index (χ3v) is 8.67. The molecular weight excluding hydrogens is 522 g/mol. The maximum atomic E-state index is 13.9. The number of benzene rings is 1. The normalized spacial score (nSPS) is 20.7. The Hall–Kier alpha value is -3.37. The molecule has 3 saturated heterocycles. The number of aliphatic hydroxyl groups is 1. The minimum absolute atomic E-state index is 0.0634. The van der Waals surface area contributed by atoms with Crippen molar-refractivity contribution in [2.45, 2.75) is 38.6 Å². The summed E-state index contributed by atoms with van der Waals surface area (Å²) in [5.41, 5.74) is 2.24. The summed E-state index contributed by atoms with van der Waals surface area (Å²) in [5, 5.41) is 9.70. The fraction of sp³-hybridized carbons (Fsp3) is 0.581. The number of hydrogen-bond acceptors (Lipinski definition) is 8. The lowest BCUT2D eigenvalue weighted by molar-refractivity contribution is 0.0570. The molecule has 3 aliphatic rings. The van der Waals surface area contributed by atoms with Crippen LogP contribution in [0, 0.1) is 5.92 Å². The quantitative estimate of drug-likeness (QED) is 0.546. The van der Waals surface area contributed by atoms with Crippen LogP contribution in [-0.4, -0.2) is 116 Å². The number of rotatable bonds is 7. The minimum atomic E-state index is -0.329. The Bertz CT molecular complexity index is 1190. The van der Waals surface area contributed by atoms with Crippen LogP contribution in [0.1, 0.15) is 43.0 Å². The smallest absolute Gasteiger partial charge is 0.409 e. The van der Waals surface area contributed by atoms with Crippen LogP contribution in [0.4, 0.5) is 10.6 Å². The van der Waals surface area contributed by atoms with Gasteiger partial charge in [0.1, 0.15) is 11.6 Å². The van der Waals surface area contributed by atoms with Crippen molar-refractivity contribution in [3.63, 3.8) is 0 Å². The average molecular weight is 566 g/mol. The van der Waals surface area contributed by atoms with E-state index >= 15 is 0 Å². The van der Waals surface area contributed by atoms with Gasteiger partial charge in [-0.15, -0.1) is 0 Å². The van der Waals surface area contributed by atoms with Gasteiger partial charge >= 0.3 is 6.09 Å². The summed E-state index contributed by atoms with van der Waals surface area (Å²) in [6, 6.07) is 12.1. The van der Waals surface area contributed by atoms with E-state index in [1.54, 1.807) is 18.9 Å². The van der Waals surface area contributed by atoms with Crippen LogP contribution in [0.2, 0.25) is 0 Å². The molecule has 222 valence electrons. The van der Waals surface area contributed by atoms with E-state index in [1.807, 2.05) is 41.3 Å². The maximum absolute atomic E-state index is 13.9. The van der Waals surface area contributed by atoms with E-state index in [0.29, 0.717) is 56.1 Å². The van der Waals surface area contributed by atoms with Gasteiger partial charge in [0, 0.05) is 64.0 Å². The summed E-state index contributed by atoms with van der Waals surface area (Å²) in [6.07, 6.45) is 3.89. The molecule has 1 aromatic heterocycles. The van der Waals surface area contributed by atoms with Crippen LogP contribution in [0.25, 0.3) is 11.3 Å². The highest BCUT2D eigenvalue weighted by molar-refractivity contribution is 5.99. The largest absolute Gasteiger partial charge is 0.496 e. The SMILES string of the molecule is CCOC(=O)N1CCN(C(=O)c2ccc(-c3ccccc3OC)nc2N2CCC(N3CCC[C@H](CO)C3)CC2)CC1. The van der Waals surface area contributed by atoms with Gasteiger partial charge in [-0.25, -0.2) is 9.78 Å². The van der Waals surface area contributed by atoms with Gasteiger partial charge in [0.2, 0.25) is 0 Å². The van der Waals surface area contributed by atoms with E-state index in [9.17, 15) is 14.7 Å². The first-order valence-electron chi connectivity index (χ1n) is 15.0. The van der Waals surface area contributed by atoms with Gasteiger partial charge in [0.15, 0.2) is 0 Å². The highest BCUT2D eigenvalue weighted by Crippen LogP contribution is 2.33. The Labute approximate surface area is 242 Å². The second-order valence-corrected chi connectivity index (χ2v) is 11.2. The number of hydrogen-bond donors (Lipinski definition) is 1. The number of aromatic nitrogens is 1. The summed E-state index contributed by atoms with van der Waals surface area (Å²) < 4.78 is 10.7. The monoisotopic (exact) mass is 565 g/mol. The molecule has 3 fully saturated rings. The number of anilines is 1. The molecule has 10 nitrogen and oxygen atoms in total. The number of carbonyl (C=O) groups excluding carboxylic acids is 2. The lowest BCUT2D eigenvalue weighted by Crippen LogP contribution is -2.51. The van der Waals surface area contributed by atoms with Crippen LogP contribution in [0.5, 0.6) is 5.75 Å². The predicted octanol–water partition coefficient (Wildman–Crippen LogP) is 3.34. The van der Waals surface area contributed by atoms with Crippen molar-refractivity contribution in [2.24, 2.45) is 5.92 Å². The number of likely N-dealkylation sites (tertiary alicyclic amines) is 1. The second kappa shape index (κ2) is 13.5. The Kier molecular flexibility index (Phi) is 9.61. The Morgan fingerprint density at radius 2 is 1.68 bits per heavy atom. The first-order chi connectivity index (χ1) is 20.0. The van der Waals surface area contributed by atoms with Crippen LogP contribution in [0.15, 0.2) is 36.4 Å². The van der Waals surface area contributed by atoms with E-state index in [-0.39, 0.29) is 18.6 Å². The van der Waals surface area contributed by atoms with Crippen molar-refractivity contribution in [2.75, 3.05) is 77.6 Å². The third-order valence-electron chi connectivity index (χ3n) is 8.67. The molecule has 2 amide bonds. The summed E-state index contributed by atoms with van der Waals surface area (Å²) in [4.78, 5) is 39.4. The number of piperidine rings is 2. The highest BCUT2D eigenvalue weighted by atomic mass is 16.6. The first-order valence-corrected chi connectivity index (χ1v) is 15.0. The molecule has 0 bridgehead atoms. The molecular formula is C31H43N5O5. The zero-order valence-corrected chi connectivity index (χ0v) is 24.3. The van der Waals surface area contributed by atoms with E-state index in [0.717, 1.165) is 68.9 Å². The van der Waals surface area contributed by atoms with Crippen LogP contribution in [0.3, 0.4) is 0 Å². The summed E-state index contributed by atoms with van der Waals surface area (Å²) >= 11 is 0. The third kappa shape index (κ3) is 6.59. The molecule has 0 aliphatic carbocycles. The summed E-state index contributed by atoms with van der Waals surface area (Å²) in [5.74, 6) is 1.75. The van der Waals surface area contributed by atoms with Crippen LogP contribution < -0.4 is 9.64 Å². The Morgan fingerprint density at radius 3 is 2.39 bits per heavy atom. The fourth-order valence-corrected chi connectivity index (χ4v) is 6.36. The van der Waals surface area contributed by atoms with Crippen LogP contribution in [-0.2, 0) is 4.74 Å². The van der Waals surface area contributed by atoms with Gasteiger partial charge in [0.25, 0.3) is 5.91 Å². The second-order valence-electron chi connectivity index (χ2n) is 11.2. The van der Waals surface area contributed by atoms with Crippen molar-refractivity contribution in [3.05, 3.63) is 42.0 Å². The fourth-order valence-electron chi connectivity index (χ4n) is 6.36. The molecule has 0 unspecified atom stereocenters. The number of methoxy groups -OCH3 is 1. The molecule has 41 heavy (non-hydrogen) atoms. The lowest BCUT2D eigenvalue weighted by atomic mass is 9.94. The standard InChI is InChI=1S/C31H43N5O5/c1-3-41-31(39)35-19-17-34(18-20-35)30(38)26-10-11-27(25-8-4-5-9-28(25)40-2)32-29(26)33-15-12-24(13-16-33)36-14-6-7-23(21-36)22-37/h4-5,8-11,23-24,37H,3,6-7,12-22H2,1-2H3/t23-/m0/s1. The predicted molar refractivity (Wildman–Crippen MR) is 157 cm³/mol. The molecule has 2 aromatic rings. The Balaban J connectivity index is 1.37. The van der Waals surface area contributed by atoms with Gasteiger partial charge in [-0.3, -0.25) is 9.69 Å². The van der Waals surface area contributed by atoms with Crippen LogP contribution >= 0.6 is 0 Å². The zero-order chi connectivity index (χ0) is 28.8. The molecule has 1 N–H and O–H groups in total.